The van der Waals surface area contributed by atoms with Crippen LogP contribution in [0.25, 0.3) is 22.8 Å². The van der Waals surface area contributed by atoms with E-state index in [0.29, 0.717) is 23.6 Å². The minimum Gasteiger partial charge on any atom is -0.348 e. The molecule has 0 saturated carbocycles. The van der Waals surface area contributed by atoms with E-state index in [1.54, 1.807) is 23.0 Å². The number of aromatic nitrogens is 3. The monoisotopic (exact) mass is 353 g/mol. The zero-order valence-electron chi connectivity index (χ0n) is 13.6. The largest absolute Gasteiger partial charge is 0.416 e. The van der Waals surface area contributed by atoms with Gasteiger partial charge in [-0.1, -0.05) is 42.5 Å². The summed E-state index contributed by atoms with van der Waals surface area (Å²) in [4.78, 5) is 9.03. The summed E-state index contributed by atoms with van der Waals surface area (Å²) in [6.45, 7) is 0.327. The first-order valence-electron chi connectivity index (χ1n) is 8.04. The summed E-state index contributed by atoms with van der Waals surface area (Å²) in [6, 6.07) is 16.8. The molecule has 0 atom stereocenters. The van der Waals surface area contributed by atoms with Crippen LogP contribution in [-0.4, -0.2) is 14.5 Å². The maximum atomic E-state index is 12.9. The first kappa shape index (κ1) is 16.3. The van der Waals surface area contributed by atoms with Crippen LogP contribution in [0, 0.1) is 0 Å². The fourth-order valence-corrected chi connectivity index (χ4v) is 2.82. The molecule has 0 N–H and O–H groups in total. The molecule has 2 aliphatic rings. The first-order valence-corrected chi connectivity index (χ1v) is 8.04. The van der Waals surface area contributed by atoms with Gasteiger partial charge in [0.1, 0.15) is 5.69 Å². The lowest BCUT2D eigenvalue weighted by Crippen LogP contribution is -2.07. The van der Waals surface area contributed by atoms with E-state index in [-0.39, 0.29) is 0 Å². The SMILES string of the molecule is FC(F)(F)c1cccc(Cn2ccc3nc(-c4ccccc4)nc-3c2)c1. The van der Waals surface area contributed by atoms with Gasteiger partial charge in [-0.2, -0.15) is 13.2 Å². The zero-order chi connectivity index (χ0) is 18.1. The van der Waals surface area contributed by atoms with Crippen LogP contribution in [0.3, 0.4) is 0 Å². The van der Waals surface area contributed by atoms with E-state index in [9.17, 15) is 13.2 Å². The van der Waals surface area contributed by atoms with Crippen LogP contribution in [0.1, 0.15) is 11.1 Å². The zero-order valence-corrected chi connectivity index (χ0v) is 13.6. The van der Waals surface area contributed by atoms with Gasteiger partial charge in [0.05, 0.1) is 11.3 Å². The van der Waals surface area contributed by atoms with Crippen molar-refractivity contribution in [2.75, 3.05) is 0 Å². The van der Waals surface area contributed by atoms with Gasteiger partial charge >= 0.3 is 6.18 Å². The Morgan fingerprint density at radius 1 is 0.846 bits per heavy atom. The van der Waals surface area contributed by atoms with Crippen molar-refractivity contribution in [3.63, 3.8) is 0 Å². The summed E-state index contributed by atoms with van der Waals surface area (Å²) >= 11 is 0. The lowest BCUT2D eigenvalue weighted by atomic mass is 10.1. The van der Waals surface area contributed by atoms with Gasteiger partial charge in [0.25, 0.3) is 0 Å². The summed E-state index contributed by atoms with van der Waals surface area (Å²) in [5.74, 6) is 0.636. The fraction of sp³-hybridized carbons (Fsp3) is 0.100. The number of benzene rings is 2. The lowest BCUT2D eigenvalue weighted by Gasteiger charge is -2.11. The maximum absolute atomic E-state index is 12.9. The molecule has 2 aromatic rings. The molecule has 0 spiro atoms. The van der Waals surface area contributed by atoms with E-state index in [0.717, 1.165) is 17.3 Å². The number of nitrogens with zero attached hydrogens (tertiary/aromatic N) is 3. The lowest BCUT2D eigenvalue weighted by molar-refractivity contribution is -0.137. The number of hydrogen-bond acceptors (Lipinski definition) is 2. The third-order valence-electron chi connectivity index (χ3n) is 4.08. The van der Waals surface area contributed by atoms with Gasteiger partial charge in [-0.3, -0.25) is 0 Å². The molecular weight excluding hydrogens is 339 g/mol. The molecule has 0 bridgehead atoms. The van der Waals surface area contributed by atoms with Crippen molar-refractivity contribution >= 4 is 0 Å². The van der Waals surface area contributed by atoms with Gasteiger partial charge in [0.15, 0.2) is 5.82 Å². The second kappa shape index (κ2) is 6.29. The normalized spacial score (nSPS) is 11.8. The van der Waals surface area contributed by atoms with E-state index in [4.69, 9.17) is 0 Å². The average Bonchev–Trinajstić information content (AvgIpc) is 3.05. The molecule has 0 amide bonds. The summed E-state index contributed by atoms with van der Waals surface area (Å²) in [5, 5.41) is 0. The Labute approximate surface area is 148 Å². The minimum atomic E-state index is -4.34. The third-order valence-corrected chi connectivity index (χ3v) is 4.08. The van der Waals surface area contributed by atoms with Crippen molar-refractivity contribution in [3.8, 4) is 22.8 Å². The predicted octanol–water partition coefficient (Wildman–Crippen LogP) is 5.12. The molecule has 0 saturated heterocycles. The smallest absolute Gasteiger partial charge is 0.348 e. The molecule has 4 rings (SSSR count). The topological polar surface area (TPSA) is 30.7 Å². The molecular formula is C20H14F3N3. The summed E-state index contributed by atoms with van der Waals surface area (Å²) in [7, 11) is 0. The molecule has 0 aliphatic carbocycles. The Morgan fingerprint density at radius 2 is 1.62 bits per heavy atom. The molecule has 0 fully saturated rings. The van der Waals surface area contributed by atoms with E-state index < -0.39 is 11.7 Å². The number of imidazole rings is 1. The number of fused-ring (bicyclic) bond motifs is 1. The molecule has 0 unspecified atom stereocenters. The molecule has 2 aromatic carbocycles. The molecule has 26 heavy (non-hydrogen) atoms. The Kier molecular flexibility index (Phi) is 3.95. The highest BCUT2D eigenvalue weighted by molar-refractivity contribution is 5.65. The standard InChI is InChI=1S/C20H14F3N3/c21-20(22,23)16-8-4-5-14(11-16)12-26-10-9-17-18(13-26)25-19(24-17)15-6-2-1-3-7-15/h1-11,13H,12H2. The Hall–Kier alpha value is -3.15. The fourth-order valence-electron chi connectivity index (χ4n) is 2.82. The van der Waals surface area contributed by atoms with E-state index in [1.807, 2.05) is 36.4 Å². The highest BCUT2D eigenvalue weighted by atomic mass is 19.4. The summed E-state index contributed by atoms with van der Waals surface area (Å²) in [5.41, 5.74) is 2.32. The van der Waals surface area contributed by atoms with Crippen molar-refractivity contribution in [1.82, 2.24) is 14.5 Å². The summed E-state index contributed by atoms with van der Waals surface area (Å²) < 4.78 is 40.4. The Bertz CT molecular complexity index is 1010. The second-order valence-corrected chi connectivity index (χ2v) is 6.00. The van der Waals surface area contributed by atoms with Gasteiger partial charge in [0, 0.05) is 24.5 Å². The van der Waals surface area contributed by atoms with Gasteiger partial charge < -0.3 is 4.57 Å². The van der Waals surface area contributed by atoms with Gasteiger partial charge in [0.2, 0.25) is 0 Å². The highest BCUT2D eigenvalue weighted by Crippen LogP contribution is 2.30. The first-order chi connectivity index (χ1) is 12.5. The molecule has 130 valence electrons. The summed E-state index contributed by atoms with van der Waals surface area (Å²) in [6.07, 6.45) is -0.743. The Morgan fingerprint density at radius 3 is 2.38 bits per heavy atom. The van der Waals surface area contributed by atoms with Crippen molar-refractivity contribution in [1.29, 1.82) is 0 Å². The number of hydrogen-bond donors (Lipinski definition) is 0. The molecule has 0 aromatic heterocycles. The minimum absolute atomic E-state index is 0.327. The van der Waals surface area contributed by atoms with Crippen molar-refractivity contribution in [2.45, 2.75) is 12.7 Å². The Balaban J connectivity index is 1.63. The molecule has 0 radical (unpaired) electrons. The molecule has 2 aliphatic heterocycles. The number of alkyl halides is 3. The quantitative estimate of drug-likeness (QED) is 0.512. The molecule has 6 heteroatoms. The van der Waals surface area contributed by atoms with Crippen molar-refractivity contribution in [3.05, 3.63) is 84.2 Å². The maximum Gasteiger partial charge on any atom is 0.416 e. The van der Waals surface area contributed by atoms with Gasteiger partial charge in [-0.15, -0.1) is 0 Å². The van der Waals surface area contributed by atoms with Crippen LogP contribution >= 0.6 is 0 Å². The predicted molar refractivity (Wildman–Crippen MR) is 92.6 cm³/mol. The second-order valence-electron chi connectivity index (χ2n) is 6.00. The van der Waals surface area contributed by atoms with Gasteiger partial charge in [-0.05, 0) is 23.8 Å². The van der Waals surface area contributed by atoms with E-state index >= 15 is 0 Å². The van der Waals surface area contributed by atoms with Crippen LogP contribution in [0.15, 0.2) is 73.1 Å². The van der Waals surface area contributed by atoms with Crippen molar-refractivity contribution < 1.29 is 13.2 Å². The van der Waals surface area contributed by atoms with E-state index in [1.165, 1.54) is 12.1 Å². The third kappa shape index (κ3) is 3.31. The molecule has 2 heterocycles. The van der Waals surface area contributed by atoms with Crippen LogP contribution in [0.4, 0.5) is 13.2 Å². The van der Waals surface area contributed by atoms with Crippen LogP contribution in [-0.2, 0) is 12.7 Å². The highest BCUT2D eigenvalue weighted by Gasteiger charge is 2.30. The number of halogens is 3. The molecule has 3 nitrogen and oxygen atoms in total. The van der Waals surface area contributed by atoms with E-state index in [2.05, 4.69) is 9.97 Å². The van der Waals surface area contributed by atoms with Gasteiger partial charge in [-0.25, -0.2) is 9.97 Å². The van der Waals surface area contributed by atoms with Crippen LogP contribution < -0.4 is 0 Å². The number of pyridine rings is 1. The number of rotatable bonds is 3. The van der Waals surface area contributed by atoms with Crippen molar-refractivity contribution in [2.24, 2.45) is 0 Å². The average molecular weight is 353 g/mol. The van der Waals surface area contributed by atoms with Crippen LogP contribution in [0.2, 0.25) is 0 Å². The van der Waals surface area contributed by atoms with Crippen LogP contribution in [0.5, 0.6) is 0 Å².